The van der Waals surface area contributed by atoms with Gasteiger partial charge in [-0.05, 0) is 32.9 Å². The van der Waals surface area contributed by atoms with Crippen LogP contribution in [-0.4, -0.2) is 28.6 Å². The first-order valence-corrected chi connectivity index (χ1v) is 4.90. The molecule has 2 N–H and O–H groups in total. The van der Waals surface area contributed by atoms with Crippen LogP contribution >= 0.6 is 0 Å². The van der Waals surface area contributed by atoms with Crippen LogP contribution in [0.1, 0.15) is 25.0 Å². The molecule has 0 amide bonds. The van der Waals surface area contributed by atoms with Crippen LogP contribution in [0.25, 0.3) is 0 Å². The molecule has 3 nitrogen and oxygen atoms in total. The molecular formula is C12H17NO2. The topological polar surface area (TPSA) is 52.8 Å². The number of nitrogens with zero attached hydrogens (tertiary/aromatic N) is 1. The predicted molar refractivity (Wildman–Crippen MR) is 61.6 cm³/mol. The standard InChI is InChI=1S/C12H17NO2/c1-9-4-5-11(15)10(6-9)7-13-12(2,3)8-14/h4-7,14-15H,8H2,1-3H3. The third-order valence-corrected chi connectivity index (χ3v) is 2.12. The van der Waals surface area contributed by atoms with E-state index in [0.717, 1.165) is 5.56 Å². The molecule has 0 unspecified atom stereocenters. The molecule has 0 aliphatic rings. The van der Waals surface area contributed by atoms with Gasteiger partial charge in [0.15, 0.2) is 0 Å². The minimum absolute atomic E-state index is 0.0178. The van der Waals surface area contributed by atoms with Crippen LogP contribution in [0.2, 0.25) is 0 Å². The molecule has 0 atom stereocenters. The highest BCUT2D eigenvalue weighted by Gasteiger charge is 2.12. The highest BCUT2D eigenvalue weighted by molar-refractivity contribution is 5.83. The molecule has 1 aromatic rings. The molecule has 0 aliphatic carbocycles. The number of aliphatic imine (C=N–C) groups is 1. The van der Waals surface area contributed by atoms with Crippen molar-refractivity contribution in [2.45, 2.75) is 26.3 Å². The first-order chi connectivity index (χ1) is 6.94. The summed E-state index contributed by atoms with van der Waals surface area (Å²) in [6, 6.07) is 5.33. The molecule has 3 heteroatoms. The van der Waals surface area contributed by atoms with Crippen LogP contribution in [-0.2, 0) is 0 Å². The van der Waals surface area contributed by atoms with Crippen LogP contribution in [0.4, 0.5) is 0 Å². The fourth-order valence-electron chi connectivity index (χ4n) is 1.06. The summed E-state index contributed by atoms with van der Waals surface area (Å²) in [7, 11) is 0. The Bertz CT molecular complexity index is 370. The van der Waals surface area contributed by atoms with E-state index in [-0.39, 0.29) is 12.4 Å². The van der Waals surface area contributed by atoms with E-state index < -0.39 is 5.54 Å². The molecule has 0 aromatic heterocycles. The van der Waals surface area contributed by atoms with Gasteiger partial charge in [-0.25, -0.2) is 0 Å². The summed E-state index contributed by atoms with van der Waals surface area (Å²) in [6.45, 7) is 5.59. The summed E-state index contributed by atoms with van der Waals surface area (Å²) in [5, 5.41) is 18.6. The van der Waals surface area contributed by atoms with Gasteiger partial charge in [0.1, 0.15) is 5.75 Å². The number of aliphatic hydroxyl groups is 1. The van der Waals surface area contributed by atoms with Crippen LogP contribution in [0, 0.1) is 6.92 Å². The molecule has 1 aromatic carbocycles. The number of phenolic OH excluding ortho intramolecular Hbond substituents is 1. The van der Waals surface area contributed by atoms with Gasteiger partial charge < -0.3 is 10.2 Å². The van der Waals surface area contributed by atoms with E-state index in [1.807, 2.05) is 32.9 Å². The maximum absolute atomic E-state index is 9.55. The van der Waals surface area contributed by atoms with Crippen LogP contribution in [0.15, 0.2) is 23.2 Å². The molecule has 15 heavy (non-hydrogen) atoms. The summed E-state index contributed by atoms with van der Waals surface area (Å²) < 4.78 is 0. The van der Waals surface area contributed by atoms with Gasteiger partial charge in [-0.15, -0.1) is 0 Å². The number of aliphatic hydroxyl groups excluding tert-OH is 1. The van der Waals surface area contributed by atoms with E-state index in [1.54, 1.807) is 12.3 Å². The monoisotopic (exact) mass is 207 g/mol. The Labute approximate surface area is 90.1 Å². The number of rotatable bonds is 3. The van der Waals surface area contributed by atoms with Gasteiger partial charge >= 0.3 is 0 Å². The van der Waals surface area contributed by atoms with E-state index >= 15 is 0 Å². The fraction of sp³-hybridized carbons (Fsp3) is 0.417. The third kappa shape index (κ3) is 3.36. The molecule has 0 spiro atoms. The average Bonchev–Trinajstić information content (AvgIpc) is 2.20. The highest BCUT2D eigenvalue weighted by atomic mass is 16.3. The fourth-order valence-corrected chi connectivity index (χ4v) is 1.06. The normalized spacial score (nSPS) is 12.3. The van der Waals surface area contributed by atoms with Crippen molar-refractivity contribution in [1.29, 1.82) is 0 Å². The molecule has 0 saturated carbocycles. The van der Waals surface area contributed by atoms with Crippen molar-refractivity contribution in [3.8, 4) is 5.75 Å². The maximum atomic E-state index is 9.55. The lowest BCUT2D eigenvalue weighted by molar-refractivity contribution is 0.223. The number of aryl methyl sites for hydroxylation is 1. The molecule has 1 rings (SSSR count). The zero-order chi connectivity index (χ0) is 11.5. The quantitative estimate of drug-likeness (QED) is 0.744. The smallest absolute Gasteiger partial charge is 0.124 e. The molecule has 82 valence electrons. The zero-order valence-electron chi connectivity index (χ0n) is 9.36. The lowest BCUT2D eigenvalue weighted by atomic mass is 10.1. The summed E-state index contributed by atoms with van der Waals surface area (Å²) in [4.78, 5) is 4.21. The first kappa shape index (κ1) is 11.7. The van der Waals surface area contributed by atoms with Crippen LogP contribution in [0.3, 0.4) is 0 Å². The van der Waals surface area contributed by atoms with Gasteiger partial charge in [0.25, 0.3) is 0 Å². The van der Waals surface area contributed by atoms with Crippen molar-refractivity contribution in [1.82, 2.24) is 0 Å². The molecule has 0 heterocycles. The Morgan fingerprint density at radius 3 is 2.67 bits per heavy atom. The van der Waals surface area contributed by atoms with Crippen molar-refractivity contribution in [2.75, 3.05) is 6.61 Å². The van der Waals surface area contributed by atoms with Crippen molar-refractivity contribution in [3.63, 3.8) is 0 Å². The van der Waals surface area contributed by atoms with Crippen molar-refractivity contribution in [3.05, 3.63) is 29.3 Å². The highest BCUT2D eigenvalue weighted by Crippen LogP contribution is 2.17. The van der Waals surface area contributed by atoms with E-state index in [2.05, 4.69) is 4.99 Å². The lowest BCUT2D eigenvalue weighted by Gasteiger charge is -2.15. The summed E-state index contributed by atoms with van der Waals surface area (Å²) in [6.07, 6.45) is 1.60. The Kier molecular flexibility index (Phi) is 3.48. The Morgan fingerprint density at radius 1 is 1.40 bits per heavy atom. The Morgan fingerprint density at radius 2 is 2.07 bits per heavy atom. The number of benzene rings is 1. The summed E-state index contributed by atoms with van der Waals surface area (Å²) >= 11 is 0. The van der Waals surface area contributed by atoms with Gasteiger partial charge in [0.05, 0.1) is 12.1 Å². The van der Waals surface area contributed by atoms with Crippen molar-refractivity contribution in [2.24, 2.45) is 4.99 Å². The van der Waals surface area contributed by atoms with Crippen LogP contribution < -0.4 is 0 Å². The number of hydrogen-bond donors (Lipinski definition) is 2. The van der Waals surface area contributed by atoms with Gasteiger partial charge in [0, 0.05) is 11.8 Å². The lowest BCUT2D eigenvalue weighted by Crippen LogP contribution is -2.21. The van der Waals surface area contributed by atoms with Crippen molar-refractivity contribution >= 4 is 6.21 Å². The van der Waals surface area contributed by atoms with E-state index in [4.69, 9.17) is 5.11 Å². The van der Waals surface area contributed by atoms with Crippen molar-refractivity contribution < 1.29 is 10.2 Å². The minimum atomic E-state index is -0.504. The average molecular weight is 207 g/mol. The molecule has 0 aliphatic heterocycles. The van der Waals surface area contributed by atoms with Gasteiger partial charge in [0.2, 0.25) is 0 Å². The predicted octanol–water partition coefficient (Wildman–Crippen LogP) is 1.89. The third-order valence-electron chi connectivity index (χ3n) is 2.12. The second kappa shape index (κ2) is 4.45. The second-order valence-electron chi connectivity index (χ2n) is 4.29. The molecular weight excluding hydrogens is 190 g/mol. The van der Waals surface area contributed by atoms with Gasteiger partial charge in [-0.3, -0.25) is 4.99 Å². The molecule has 0 radical (unpaired) electrons. The molecule has 0 bridgehead atoms. The van der Waals surface area contributed by atoms with E-state index in [0.29, 0.717) is 5.56 Å². The molecule has 0 fully saturated rings. The second-order valence-corrected chi connectivity index (χ2v) is 4.29. The zero-order valence-corrected chi connectivity index (χ0v) is 9.36. The number of hydrogen-bond acceptors (Lipinski definition) is 3. The summed E-state index contributed by atoms with van der Waals surface area (Å²) in [5.74, 6) is 0.207. The first-order valence-electron chi connectivity index (χ1n) is 4.90. The van der Waals surface area contributed by atoms with E-state index in [1.165, 1.54) is 0 Å². The number of aromatic hydroxyl groups is 1. The van der Waals surface area contributed by atoms with Crippen LogP contribution in [0.5, 0.6) is 5.75 Å². The van der Waals surface area contributed by atoms with Gasteiger partial charge in [-0.1, -0.05) is 11.6 Å². The largest absolute Gasteiger partial charge is 0.507 e. The Balaban J connectivity index is 2.94. The number of phenols is 1. The van der Waals surface area contributed by atoms with E-state index in [9.17, 15) is 5.11 Å². The Hall–Kier alpha value is -1.35. The maximum Gasteiger partial charge on any atom is 0.124 e. The molecule has 0 saturated heterocycles. The van der Waals surface area contributed by atoms with Gasteiger partial charge in [-0.2, -0.15) is 0 Å². The SMILES string of the molecule is Cc1ccc(O)c(C=NC(C)(C)CO)c1. The minimum Gasteiger partial charge on any atom is -0.507 e. The summed E-state index contributed by atoms with van der Waals surface area (Å²) in [5.41, 5.74) is 1.24.